The molecule has 3 rings (SSSR count). The number of nitrogens with zero attached hydrogens (tertiary/aromatic N) is 2. The predicted molar refractivity (Wildman–Crippen MR) is 131 cm³/mol. The summed E-state index contributed by atoms with van der Waals surface area (Å²) in [6.07, 6.45) is -3.94. The number of benzene rings is 1. The van der Waals surface area contributed by atoms with Crippen molar-refractivity contribution in [2.75, 3.05) is 20.1 Å². The van der Waals surface area contributed by atoms with Crippen molar-refractivity contribution in [3.63, 3.8) is 0 Å². The summed E-state index contributed by atoms with van der Waals surface area (Å²) in [5.74, 6) is -0.764. The summed E-state index contributed by atoms with van der Waals surface area (Å²) in [5.41, 5.74) is -1.74. The SMILES string of the molecule is CC(C)[C@@H](C(=O)N[C@H]1CC[C@@H]2CN(S(=O)(=O)c3cccc(C(F)(F)F)c3)C[C@@H]21)N(C)C(=O)OC(C)(C)C. The van der Waals surface area contributed by atoms with Crippen LogP contribution in [0.4, 0.5) is 18.0 Å². The average Bonchev–Trinajstić information content (AvgIpc) is 3.34. The second-order valence-electron chi connectivity index (χ2n) is 11.2. The lowest BCUT2D eigenvalue weighted by molar-refractivity contribution is -0.137. The number of amides is 2. The molecule has 1 aromatic rings. The summed E-state index contributed by atoms with van der Waals surface area (Å²) in [5, 5.41) is 3.01. The number of rotatable bonds is 6. The van der Waals surface area contributed by atoms with E-state index in [2.05, 4.69) is 5.32 Å². The molecule has 208 valence electrons. The maximum Gasteiger partial charge on any atom is 0.416 e. The third-order valence-electron chi connectivity index (χ3n) is 6.95. The number of likely N-dealkylation sites (N-methyl/N-ethyl adjacent to an activating group) is 1. The van der Waals surface area contributed by atoms with Crippen LogP contribution in [0.1, 0.15) is 53.0 Å². The molecule has 2 aliphatic rings. The zero-order valence-corrected chi connectivity index (χ0v) is 22.8. The molecule has 0 unspecified atom stereocenters. The lowest BCUT2D eigenvalue weighted by Crippen LogP contribution is -2.54. The predicted octanol–water partition coefficient (Wildman–Crippen LogP) is 4.11. The van der Waals surface area contributed by atoms with E-state index in [4.69, 9.17) is 4.74 Å². The van der Waals surface area contributed by atoms with Crippen LogP contribution in [-0.4, -0.2) is 67.4 Å². The molecule has 1 aliphatic heterocycles. The van der Waals surface area contributed by atoms with Gasteiger partial charge in [0.05, 0.1) is 10.5 Å². The molecule has 0 bridgehead atoms. The third-order valence-corrected chi connectivity index (χ3v) is 8.78. The van der Waals surface area contributed by atoms with Crippen molar-refractivity contribution in [1.82, 2.24) is 14.5 Å². The minimum atomic E-state index is -4.65. The Labute approximate surface area is 216 Å². The highest BCUT2D eigenvalue weighted by atomic mass is 32.2. The van der Waals surface area contributed by atoms with Crippen LogP contribution in [-0.2, 0) is 25.7 Å². The van der Waals surface area contributed by atoms with Gasteiger partial charge in [0.2, 0.25) is 15.9 Å². The van der Waals surface area contributed by atoms with E-state index < -0.39 is 44.4 Å². The summed E-state index contributed by atoms with van der Waals surface area (Å²) in [4.78, 5) is 26.7. The molecule has 1 aromatic carbocycles. The molecule has 1 saturated heterocycles. The Morgan fingerprint density at radius 3 is 2.35 bits per heavy atom. The number of carbonyl (C=O) groups excluding carboxylic acids is 2. The van der Waals surface area contributed by atoms with Gasteiger partial charge in [-0.1, -0.05) is 19.9 Å². The molecule has 2 amide bonds. The fraction of sp³-hybridized carbons (Fsp3) is 0.680. The molecule has 4 atom stereocenters. The van der Waals surface area contributed by atoms with E-state index in [9.17, 15) is 31.2 Å². The number of hydrogen-bond donors (Lipinski definition) is 1. The fourth-order valence-corrected chi connectivity index (χ4v) is 6.80. The summed E-state index contributed by atoms with van der Waals surface area (Å²) >= 11 is 0. The minimum Gasteiger partial charge on any atom is -0.444 e. The van der Waals surface area contributed by atoms with E-state index in [1.54, 1.807) is 20.8 Å². The maximum atomic E-state index is 13.3. The molecular formula is C25H36F3N3O5S. The molecule has 0 radical (unpaired) electrons. The van der Waals surface area contributed by atoms with Crippen molar-refractivity contribution in [1.29, 1.82) is 0 Å². The highest BCUT2D eigenvalue weighted by molar-refractivity contribution is 7.89. The van der Waals surface area contributed by atoms with Crippen LogP contribution >= 0.6 is 0 Å². The number of nitrogens with one attached hydrogen (secondary N) is 1. The average molecular weight is 548 g/mol. The highest BCUT2D eigenvalue weighted by Gasteiger charge is 2.48. The number of alkyl halides is 3. The van der Waals surface area contributed by atoms with Crippen LogP contribution in [0, 0.1) is 17.8 Å². The molecule has 0 aromatic heterocycles. The zero-order valence-electron chi connectivity index (χ0n) is 22.0. The summed E-state index contributed by atoms with van der Waals surface area (Å²) in [7, 11) is -2.63. The van der Waals surface area contributed by atoms with Crippen LogP contribution in [0.2, 0.25) is 0 Å². The van der Waals surface area contributed by atoms with E-state index in [0.717, 1.165) is 18.2 Å². The van der Waals surface area contributed by atoms with Gasteiger partial charge in [0.15, 0.2) is 0 Å². The Kier molecular flexibility index (Phi) is 8.24. The van der Waals surface area contributed by atoms with Gasteiger partial charge in [-0.05, 0) is 69.6 Å². The van der Waals surface area contributed by atoms with Gasteiger partial charge in [-0.2, -0.15) is 17.5 Å². The Bertz CT molecular complexity index is 1120. The normalized spacial score (nSPS) is 23.6. The van der Waals surface area contributed by atoms with E-state index in [-0.39, 0.29) is 42.8 Å². The van der Waals surface area contributed by atoms with Crippen molar-refractivity contribution >= 4 is 22.0 Å². The molecule has 2 fully saturated rings. The largest absolute Gasteiger partial charge is 0.444 e. The number of fused-ring (bicyclic) bond motifs is 1. The van der Waals surface area contributed by atoms with Gasteiger partial charge >= 0.3 is 12.3 Å². The number of sulfonamides is 1. The van der Waals surface area contributed by atoms with E-state index >= 15 is 0 Å². The number of ether oxygens (including phenoxy) is 1. The van der Waals surface area contributed by atoms with Crippen molar-refractivity contribution in [3.05, 3.63) is 29.8 Å². The van der Waals surface area contributed by atoms with Crippen LogP contribution in [0.3, 0.4) is 0 Å². The van der Waals surface area contributed by atoms with Gasteiger partial charge in [0.1, 0.15) is 11.6 Å². The van der Waals surface area contributed by atoms with Gasteiger partial charge in [0.25, 0.3) is 0 Å². The summed E-state index contributed by atoms with van der Waals surface area (Å²) in [6.45, 7) is 9.13. The molecule has 37 heavy (non-hydrogen) atoms. The minimum absolute atomic E-state index is 0.0213. The molecule has 1 N–H and O–H groups in total. The first kappa shape index (κ1) is 29.2. The van der Waals surface area contributed by atoms with Gasteiger partial charge in [-0.3, -0.25) is 9.69 Å². The van der Waals surface area contributed by atoms with Gasteiger partial charge in [-0.25, -0.2) is 13.2 Å². The molecule has 1 aliphatic carbocycles. The fourth-order valence-electron chi connectivity index (χ4n) is 5.22. The molecule has 0 spiro atoms. The second kappa shape index (κ2) is 10.4. The first-order valence-corrected chi connectivity index (χ1v) is 13.8. The molecule has 12 heteroatoms. The number of carbonyl (C=O) groups is 2. The van der Waals surface area contributed by atoms with Gasteiger partial charge in [0, 0.05) is 26.2 Å². The van der Waals surface area contributed by atoms with E-state index in [1.165, 1.54) is 16.3 Å². The monoisotopic (exact) mass is 547 g/mol. The topological polar surface area (TPSA) is 96.0 Å². The lowest BCUT2D eigenvalue weighted by Gasteiger charge is -2.33. The van der Waals surface area contributed by atoms with Crippen molar-refractivity contribution in [2.24, 2.45) is 17.8 Å². The van der Waals surface area contributed by atoms with E-state index in [0.29, 0.717) is 18.9 Å². The van der Waals surface area contributed by atoms with Gasteiger partial charge in [-0.15, -0.1) is 0 Å². The van der Waals surface area contributed by atoms with Crippen LogP contribution < -0.4 is 5.32 Å². The highest BCUT2D eigenvalue weighted by Crippen LogP contribution is 2.41. The Hall–Kier alpha value is -2.34. The smallest absolute Gasteiger partial charge is 0.416 e. The maximum absolute atomic E-state index is 13.3. The van der Waals surface area contributed by atoms with Crippen LogP contribution in [0.5, 0.6) is 0 Å². The molecule has 8 nitrogen and oxygen atoms in total. The zero-order chi connectivity index (χ0) is 27.9. The van der Waals surface area contributed by atoms with E-state index in [1.807, 2.05) is 13.8 Å². The number of hydrogen-bond acceptors (Lipinski definition) is 5. The van der Waals surface area contributed by atoms with Crippen LogP contribution in [0.25, 0.3) is 0 Å². The van der Waals surface area contributed by atoms with Crippen LogP contribution in [0.15, 0.2) is 29.2 Å². The summed E-state index contributed by atoms with van der Waals surface area (Å²) in [6, 6.07) is 2.64. The standard InChI is InChI=1S/C25H36F3N3O5S/c1-15(2)21(30(6)23(33)36-24(3,4)5)22(32)29-20-11-10-16-13-31(14-19(16)20)37(34,35)18-9-7-8-17(12-18)25(26,27)28/h7-9,12,15-16,19-21H,10-11,13-14H2,1-6H3,(H,29,32)/t16-,19+,20+,21+/m1/s1. The Morgan fingerprint density at radius 1 is 1.14 bits per heavy atom. The molecular weight excluding hydrogens is 511 g/mol. The Balaban J connectivity index is 1.72. The number of halogens is 3. The molecule has 1 heterocycles. The first-order chi connectivity index (χ1) is 16.9. The Morgan fingerprint density at radius 2 is 1.78 bits per heavy atom. The third kappa shape index (κ3) is 6.57. The summed E-state index contributed by atoms with van der Waals surface area (Å²) < 4.78 is 72.3. The second-order valence-corrected chi connectivity index (χ2v) is 13.2. The van der Waals surface area contributed by atoms with Crippen molar-refractivity contribution < 1.29 is 35.9 Å². The van der Waals surface area contributed by atoms with Crippen molar-refractivity contribution in [3.8, 4) is 0 Å². The molecule has 1 saturated carbocycles. The van der Waals surface area contributed by atoms with Crippen molar-refractivity contribution in [2.45, 2.75) is 76.2 Å². The lowest BCUT2D eigenvalue weighted by atomic mass is 9.96. The van der Waals surface area contributed by atoms with Gasteiger partial charge < -0.3 is 10.1 Å². The quantitative estimate of drug-likeness (QED) is 0.578. The first-order valence-electron chi connectivity index (χ1n) is 12.4.